The number of halogens is 8. The van der Waals surface area contributed by atoms with Gasteiger partial charge in [0, 0.05) is 0 Å². The van der Waals surface area contributed by atoms with Gasteiger partial charge in [-0.05, 0) is 12.1 Å². The fourth-order valence-corrected chi connectivity index (χ4v) is 2.51. The van der Waals surface area contributed by atoms with Crippen molar-refractivity contribution in [1.82, 2.24) is 9.97 Å². The fourth-order valence-electron chi connectivity index (χ4n) is 2.16. The molecule has 0 unspecified atom stereocenters. The second-order valence-corrected chi connectivity index (χ2v) is 5.94. The number of rotatable bonds is 4. The van der Waals surface area contributed by atoms with Gasteiger partial charge in [0.05, 0.1) is 11.4 Å². The summed E-state index contributed by atoms with van der Waals surface area (Å²) in [7, 11) is 0. The van der Waals surface area contributed by atoms with Crippen LogP contribution in [0, 0.1) is 35.4 Å². The molecular formula is C16H6Cl2F6N4. The van der Waals surface area contributed by atoms with Crippen LogP contribution < -0.4 is 10.6 Å². The third-order valence-electron chi connectivity index (χ3n) is 3.44. The van der Waals surface area contributed by atoms with E-state index < -0.39 is 56.8 Å². The highest BCUT2D eigenvalue weighted by Gasteiger charge is 2.22. The summed E-state index contributed by atoms with van der Waals surface area (Å²) < 4.78 is 81.7. The van der Waals surface area contributed by atoms with Gasteiger partial charge in [-0.2, -0.15) is 36.3 Å². The first-order chi connectivity index (χ1) is 13.2. The number of nitrogens with one attached hydrogen (secondary N) is 2. The van der Waals surface area contributed by atoms with E-state index in [1.54, 1.807) is 0 Å². The Labute approximate surface area is 163 Å². The van der Waals surface area contributed by atoms with Gasteiger partial charge in [0.2, 0.25) is 23.5 Å². The lowest BCUT2D eigenvalue weighted by molar-refractivity contribution is 0.450. The largest absolute Gasteiger partial charge is 0.350 e. The Hall–Kier alpha value is -2.72. The van der Waals surface area contributed by atoms with E-state index in [-0.39, 0.29) is 11.4 Å². The maximum atomic E-state index is 14.0. The fraction of sp³-hybridized carbons (Fsp3) is 0. The van der Waals surface area contributed by atoms with Crippen LogP contribution in [-0.4, -0.2) is 9.97 Å². The Balaban J connectivity index is 2.06. The van der Waals surface area contributed by atoms with Gasteiger partial charge in [-0.1, -0.05) is 35.3 Å². The predicted molar refractivity (Wildman–Crippen MR) is 91.2 cm³/mol. The van der Waals surface area contributed by atoms with Crippen LogP contribution in [0.2, 0.25) is 10.0 Å². The van der Waals surface area contributed by atoms with Gasteiger partial charge in [-0.15, -0.1) is 0 Å². The zero-order valence-electron chi connectivity index (χ0n) is 13.2. The highest BCUT2D eigenvalue weighted by Crippen LogP contribution is 2.37. The van der Waals surface area contributed by atoms with Gasteiger partial charge >= 0.3 is 0 Å². The summed E-state index contributed by atoms with van der Waals surface area (Å²) >= 11 is 11.2. The van der Waals surface area contributed by atoms with Crippen molar-refractivity contribution in [2.75, 3.05) is 10.6 Å². The zero-order chi connectivity index (χ0) is 20.6. The van der Waals surface area contributed by atoms with E-state index in [4.69, 9.17) is 23.2 Å². The quantitative estimate of drug-likeness (QED) is 0.381. The van der Waals surface area contributed by atoms with E-state index >= 15 is 0 Å². The van der Waals surface area contributed by atoms with Crippen LogP contribution in [0.15, 0.2) is 24.3 Å². The monoisotopic (exact) mass is 438 g/mol. The van der Waals surface area contributed by atoms with Crippen molar-refractivity contribution < 1.29 is 26.3 Å². The number of hydrogen-bond acceptors (Lipinski definition) is 4. The molecule has 0 bridgehead atoms. The SMILES string of the molecule is Fc1nc(F)c(Cl)c(Nc2ccccc2Nc2c(F)c(F)nc(F)c2Cl)c1F. The lowest BCUT2D eigenvalue weighted by atomic mass is 10.2. The van der Waals surface area contributed by atoms with Crippen molar-refractivity contribution in [3.05, 3.63) is 69.7 Å². The van der Waals surface area contributed by atoms with Gasteiger partial charge in [0.15, 0.2) is 0 Å². The van der Waals surface area contributed by atoms with Crippen LogP contribution in [0.4, 0.5) is 49.1 Å². The molecule has 12 heteroatoms. The Morgan fingerprint density at radius 3 is 1.32 bits per heavy atom. The van der Waals surface area contributed by atoms with Crippen molar-refractivity contribution in [1.29, 1.82) is 0 Å². The molecule has 28 heavy (non-hydrogen) atoms. The first kappa shape index (κ1) is 20.0. The highest BCUT2D eigenvalue weighted by atomic mass is 35.5. The molecule has 0 amide bonds. The number of benzene rings is 1. The number of anilines is 4. The molecule has 0 aliphatic rings. The second kappa shape index (κ2) is 7.72. The second-order valence-electron chi connectivity index (χ2n) is 5.19. The summed E-state index contributed by atoms with van der Waals surface area (Å²) in [6, 6.07) is 5.43. The molecular weight excluding hydrogens is 433 g/mol. The number of nitrogens with zero attached hydrogens (tertiary/aromatic N) is 2. The van der Waals surface area contributed by atoms with Crippen LogP contribution >= 0.6 is 23.2 Å². The summed E-state index contributed by atoms with van der Waals surface area (Å²) in [4.78, 5) is 5.31. The molecule has 0 fully saturated rings. The smallest absolute Gasteiger partial charge is 0.253 e. The molecule has 0 spiro atoms. The molecule has 146 valence electrons. The van der Waals surface area contributed by atoms with E-state index in [2.05, 4.69) is 20.6 Å². The average molecular weight is 439 g/mol. The highest BCUT2D eigenvalue weighted by molar-refractivity contribution is 6.33. The van der Waals surface area contributed by atoms with Crippen LogP contribution in [0.25, 0.3) is 0 Å². The molecule has 0 atom stereocenters. The summed E-state index contributed by atoms with van der Waals surface area (Å²) in [5.41, 5.74) is -1.75. The minimum Gasteiger partial charge on any atom is -0.350 e. The molecule has 2 aromatic heterocycles. The van der Waals surface area contributed by atoms with Gasteiger partial charge in [0.25, 0.3) is 11.9 Å². The Kier molecular flexibility index (Phi) is 5.52. The minimum absolute atomic E-state index is 0.0820. The Morgan fingerprint density at radius 1 is 0.607 bits per heavy atom. The third-order valence-corrected chi connectivity index (χ3v) is 4.13. The Bertz CT molecular complexity index is 943. The molecule has 2 N–H and O–H groups in total. The predicted octanol–water partition coefficient (Wildman–Crippen LogP) is 6.11. The maximum Gasteiger partial charge on any atom is 0.253 e. The first-order valence-electron chi connectivity index (χ1n) is 7.23. The normalized spacial score (nSPS) is 10.9. The standard InChI is InChI=1S/C16H6Cl2F6N4/c17-7-11(9(19)15(23)27-13(7)21)25-5-3-1-2-4-6(5)26-12-8(18)14(22)28-16(24)10(12)20/h1-4H,(H,25,27)(H,26,28). The van der Waals surface area contributed by atoms with Crippen molar-refractivity contribution in [3.8, 4) is 0 Å². The summed E-state index contributed by atoms with van der Waals surface area (Å²) in [5, 5.41) is 2.95. The molecule has 3 aromatic rings. The van der Waals surface area contributed by atoms with Crippen LogP contribution in [-0.2, 0) is 0 Å². The summed E-state index contributed by atoms with van der Waals surface area (Å²) in [6.45, 7) is 0. The van der Waals surface area contributed by atoms with Gasteiger partial charge in [-0.3, -0.25) is 0 Å². The van der Waals surface area contributed by atoms with Gasteiger partial charge < -0.3 is 10.6 Å². The number of aromatic nitrogens is 2. The molecule has 0 aliphatic carbocycles. The Morgan fingerprint density at radius 2 is 0.964 bits per heavy atom. The van der Waals surface area contributed by atoms with Crippen molar-refractivity contribution in [3.63, 3.8) is 0 Å². The van der Waals surface area contributed by atoms with Crippen molar-refractivity contribution in [2.45, 2.75) is 0 Å². The van der Waals surface area contributed by atoms with E-state index in [0.717, 1.165) is 0 Å². The van der Waals surface area contributed by atoms with Crippen LogP contribution in [0.1, 0.15) is 0 Å². The molecule has 0 saturated heterocycles. The van der Waals surface area contributed by atoms with Crippen molar-refractivity contribution in [2.24, 2.45) is 0 Å². The van der Waals surface area contributed by atoms with Crippen molar-refractivity contribution >= 4 is 46.0 Å². The lowest BCUT2D eigenvalue weighted by Gasteiger charge is -2.16. The average Bonchev–Trinajstić information content (AvgIpc) is 2.66. The van der Waals surface area contributed by atoms with E-state index in [1.807, 2.05) is 0 Å². The number of hydrogen-bond donors (Lipinski definition) is 2. The first-order valence-corrected chi connectivity index (χ1v) is 7.99. The van der Waals surface area contributed by atoms with E-state index in [9.17, 15) is 26.3 Å². The molecule has 0 radical (unpaired) electrons. The van der Waals surface area contributed by atoms with Gasteiger partial charge in [0.1, 0.15) is 21.4 Å². The molecule has 4 nitrogen and oxygen atoms in total. The summed E-state index contributed by atoms with van der Waals surface area (Å²) in [6.07, 6.45) is 0. The minimum atomic E-state index is -1.75. The third kappa shape index (κ3) is 3.65. The lowest BCUT2D eigenvalue weighted by Crippen LogP contribution is -2.06. The van der Waals surface area contributed by atoms with Crippen LogP contribution in [0.5, 0.6) is 0 Å². The zero-order valence-corrected chi connectivity index (χ0v) is 14.7. The molecule has 3 rings (SSSR count). The number of para-hydroxylation sites is 2. The number of pyridine rings is 2. The molecule has 1 aromatic carbocycles. The molecule has 0 saturated carbocycles. The van der Waals surface area contributed by atoms with E-state index in [1.165, 1.54) is 24.3 Å². The van der Waals surface area contributed by atoms with E-state index in [0.29, 0.717) is 0 Å². The molecule has 2 heterocycles. The molecule has 0 aliphatic heterocycles. The van der Waals surface area contributed by atoms with Crippen LogP contribution in [0.3, 0.4) is 0 Å². The summed E-state index contributed by atoms with van der Waals surface area (Å²) in [5.74, 6) is -9.59. The maximum absolute atomic E-state index is 14.0. The topological polar surface area (TPSA) is 49.8 Å². The van der Waals surface area contributed by atoms with Gasteiger partial charge in [-0.25, -0.2) is 0 Å².